The number of nitrogens with one attached hydrogen (secondary N) is 2. The van der Waals surface area contributed by atoms with Crippen LogP contribution in [0.2, 0.25) is 0 Å². The Labute approximate surface area is 108 Å². The van der Waals surface area contributed by atoms with Gasteiger partial charge in [0, 0.05) is 32.2 Å². The number of hydrogen-bond donors (Lipinski definition) is 2. The summed E-state index contributed by atoms with van der Waals surface area (Å²) in [6.45, 7) is 4.11. The number of nitrogens with zero attached hydrogens (tertiary/aromatic N) is 2. The normalized spacial score (nSPS) is 22.4. The van der Waals surface area contributed by atoms with E-state index in [0.717, 1.165) is 42.3 Å². The van der Waals surface area contributed by atoms with E-state index in [2.05, 4.69) is 27.5 Å². The fourth-order valence-corrected chi connectivity index (χ4v) is 2.17. The highest BCUT2D eigenvalue weighted by molar-refractivity contribution is 5.57. The summed E-state index contributed by atoms with van der Waals surface area (Å²) in [5, 5.41) is 6.61. The van der Waals surface area contributed by atoms with Gasteiger partial charge in [-0.3, -0.25) is 0 Å². The zero-order valence-corrected chi connectivity index (χ0v) is 11.6. The highest BCUT2D eigenvalue weighted by atomic mass is 16.5. The molecule has 0 unspecified atom stereocenters. The van der Waals surface area contributed by atoms with Gasteiger partial charge in [0.2, 0.25) is 0 Å². The van der Waals surface area contributed by atoms with Crippen LogP contribution in [-0.4, -0.2) is 36.3 Å². The summed E-state index contributed by atoms with van der Waals surface area (Å²) in [7, 11) is 3.66. The van der Waals surface area contributed by atoms with Crippen LogP contribution in [0.4, 0.5) is 11.6 Å². The van der Waals surface area contributed by atoms with Crippen LogP contribution in [0.3, 0.4) is 0 Å². The Kier molecular flexibility index (Phi) is 4.01. The minimum absolute atomic E-state index is 0.402. The summed E-state index contributed by atoms with van der Waals surface area (Å²) >= 11 is 0. The minimum atomic E-state index is 0.402. The van der Waals surface area contributed by atoms with Crippen LogP contribution in [0.5, 0.6) is 0 Å². The van der Waals surface area contributed by atoms with Crippen molar-refractivity contribution in [1.29, 1.82) is 0 Å². The van der Waals surface area contributed by atoms with Crippen molar-refractivity contribution < 1.29 is 4.74 Å². The second-order valence-electron chi connectivity index (χ2n) is 4.74. The van der Waals surface area contributed by atoms with Crippen molar-refractivity contribution in [2.75, 3.05) is 24.8 Å². The van der Waals surface area contributed by atoms with E-state index in [0.29, 0.717) is 12.1 Å². The molecule has 0 bridgehead atoms. The van der Waals surface area contributed by atoms with E-state index >= 15 is 0 Å². The summed E-state index contributed by atoms with van der Waals surface area (Å²) in [4.78, 5) is 9.03. The molecule has 2 N–H and O–H groups in total. The van der Waals surface area contributed by atoms with Crippen molar-refractivity contribution in [2.24, 2.45) is 0 Å². The van der Waals surface area contributed by atoms with Crippen molar-refractivity contribution >= 4 is 11.6 Å². The lowest BCUT2D eigenvalue weighted by molar-refractivity contribution is 0.0327. The van der Waals surface area contributed by atoms with Gasteiger partial charge in [0.15, 0.2) is 0 Å². The van der Waals surface area contributed by atoms with Crippen molar-refractivity contribution in [1.82, 2.24) is 9.97 Å². The number of aryl methyl sites for hydroxylation is 1. The van der Waals surface area contributed by atoms with Gasteiger partial charge in [-0.05, 0) is 19.8 Å². The van der Waals surface area contributed by atoms with Gasteiger partial charge in [-0.2, -0.15) is 0 Å². The molecular formula is C13H22N4O. The van der Waals surface area contributed by atoms with Gasteiger partial charge in [0.05, 0.1) is 6.10 Å². The molecule has 0 saturated heterocycles. The number of methoxy groups -OCH3 is 1. The summed E-state index contributed by atoms with van der Waals surface area (Å²) in [5.74, 6) is 2.73. The summed E-state index contributed by atoms with van der Waals surface area (Å²) in [5.41, 5.74) is 1.08. The Morgan fingerprint density at radius 3 is 2.50 bits per heavy atom. The Morgan fingerprint density at radius 2 is 1.94 bits per heavy atom. The highest BCUT2D eigenvalue weighted by Gasteiger charge is 2.29. The smallest absolute Gasteiger partial charge is 0.134 e. The zero-order chi connectivity index (χ0) is 13.1. The Hall–Kier alpha value is -1.36. The van der Waals surface area contributed by atoms with Gasteiger partial charge < -0.3 is 15.4 Å². The molecule has 1 heterocycles. The van der Waals surface area contributed by atoms with Crippen LogP contribution in [-0.2, 0) is 11.2 Å². The van der Waals surface area contributed by atoms with Crippen LogP contribution < -0.4 is 10.6 Å². The average Bonchev–Trinajstić information content (AvgIpc) is 2.34. The van der Waals surface area contributed by atoms with Crippen molar-refractivity contribution in [3.05, 3.63) is 11.4 Å². The number of rotatable bonds is 5. The largest absolute Gasteiger partial charge is 0.381 e. The molecule has 1 aromatic rings. The van der Waals surface area contributed by atoms with E-state index in [1.165, 1.54) is 0 Å². The van der Waals surface area contributed by atoms with E-state index < -0.39 is 0 Å². The molecule has 0 aromatic carbocycles. The lowest BCUT2D eigenvalue weighted by atomic mass is 9.89. The predicted octanol–water partition coefficient (Wildman–Crippen LogP) is 1.98. The molecule has 1 aromatic heterocycles. The van der Waals surface area contributed by atoms with E-state index in [1.807, 2.05) is 14.0 Å². The Morgan fingerprint density at radius 1 is 1.28 bits per heavy atom. The molecule has 18 heavy (non-hydrogen) atoms. The van der Waals surface area contributed by atoms with Gasteiger partial charge in [0.25, 0.3) is 0 Å². The van der Waals surface area contributed by atoms with Crippen LogP contribution >= 0.6 is 0 Å². The van der Waals surface area contributed by atoms with Crippen molar-refractivity contribution in [3.8, 4) is 0 Å². The van der Waals surface area contributed by atoms with Crippen molar-refractivity contribution in [3.63, 3.8) is 0 Å². The molecule has 0 aliphatic heterocycles. The molecule has 0 amide bonds. The fourth-order valence-electron chi connectivity index (χ4n) is 2.17. The topological polar surface area (TPSA) is 59.1 Å². The molecule has 1 saturated carbocycles. The molecule has 0 atom stereocenters. The molecule has 0 radical (unpaired) electrons. The van der Waals surface area contributed by atoms with Gasteiger partial charge in [0.1, 0.15) is 17.5 Å². The predicted molar refractivity (Wildman–Crippen MR) is 73.1 cm³/mol. The number of ether oxygens (including phenoxy) is 1. The lowest BCUT2D eigenvalue weighted by Crippen LogP contribution is -2.40. The molecule has 2 rings (SSSR count). The lowest BCUT2D eigenvalue weighted by Gasteiger charge is -2.35. The quantitative estimate of drug-likeness (QED) is 0.836. The number of anilines is 2. The maximum Gasteiger partial charge on any atom is 0.134 e. The van der Waals surface area contributed by atoms with Crippen molar-refractivity contribution in [2.45, 2.75) is 45.3 Å². The first-order chi connectivity index (χ1) is 8.67. The Balaban J connectivity index is 2.11. The van der Waals surface area contributed by atoms with Gasteiger partial charge in [-0.1, -0.05) is 6.92 Å². The fraction of sp³-hybridized carbons (Fsp3) is 0.692. The number of hydrogen-bond acceptors (Lipinski definition) is 5. The average molecular weight is 250 g/mol. The molecule has 1 fully saturated rings. The molecule has 1 aliphatic rings. The summed E-state index contributed by atoms with van der Waals surface area (Å²) in [6, 6.07) is 0.470. The molecule has 5 nitrogen and oxygen atoms in total. The molecular weight excluding hydrogens is 228 g/mol. The Bertz CT molecular complexity index is 416. The monoisotopic (exact) mass is 250 g/mol. The SMILES string of the molecule is CCc1nc(NC)c(C)c(NC2CC(OC)C2)n1. The van der Waals surface area contributed by atoms with Crippen LogP contribution in [0.1, 0.15) is 31.2 Å². The third-order valence-corrected chi connectivity index (χ3v) is 3.51. The first kappa shape index (κ1) is 13.1. The second kappa shape index (κ2) is 5.52. The molecule has 1 aliphatic carbocycles. The molecule has 0 spiro atoms. The van der Waals surface area contributed by atoms with E-state index in [9.17, 15) is 0 Å². The first-order valence-corrected chi connectivity index (χ1v) is 6.52. The summed E-state index contributed by atoms with van der Waals surface area (Å²) in [6.07, 6.45) is 3.35. The number of aromatic nitrogens is 2. The van der Waals surface area contributed by atoms with Crippen LogP contribution in [0, 0.1) is 6.92 Å². The van der Waals surface area contributed by atoms with Gasteiger partial charge in [-0.15, -0.1) is 0 Å². The standard InChI is InChI=1S/C13H22N4O/c1-5-11-16-12(14-3)8(2)13(17-11)15-9-6-10(7-9)18-4/h9-10H,5-7H2,1-4H3,(H2,14,15,16,17). The third-order valence-electron chi connectivity index (χ3n) is 3.51. The van der Waals surface area contributed by atoms with E-state index in [4.69, 9.17) is 4.74 Å². The van der Waals surface area contributed by atoms with E-state index in [-0.39, 0.29) is 0 Å². The van der Waals surface area contributed by atoms with Crippen LogP contribution in [0.25, 0.3) is 0 Å². The van der Waals surface area contributed by atoms with E-state index in [1.54, 1.807) is 7.11 Å². The maximum absolute atomic E-state index is 5.29. The third kappa shape index (κ3) is 2.56. The minimum Gasteiger partial charge on any atom is -0.381 e. The highest BCUT2D eigenvalue weighted by Crippen LogP contribution is 2.28. The van der Waals surface area contributed by atoms with Gasteiger partial charge in [-0.25, -0.2) is 9.97 Å². The first-order valence-electron chi connectivity index (χ1n) is 6.52. The molecule has 5 heteroatoms. The van der Waals surface area contributed by atoms with Crippen LogP contribution in [0.15, 0.2) is 0 Å². The van der Waals surface area contributed by atoms with Gasteiger partial charge >= 0.3 is 0 Å². The summed E-state index contributed by atoms with van der Waals surface area (Å²) < 4.78 is 5.29. The second-order valence-corrected chi connectivity index (χ2v) is 4.74. The zero-order valence-electron chi connectivity index (χ0n) is 11.6. The maximum atomic E-state index is 5.29. The molecule has 100 valence electrons.